The molecular formula is C19H22FN3O2S. The van der Waals surface area contributed by atoms with Gasteiger partial charge in [-0.05, 0) is 62.8 Å². The summed E-state index contributed by atoms with van der Waals surface area (Å²) in [4.78, 5) is 16.5. The molecule has 2 heterocycles. The highest BCUT2D eigenvalue weighted by atomic mass is 32.2. The molecule has 4 fully saturated rings. The summed E-state index contributed by atoms with van der Waals surface area (Å²) in [5, 5.41) is 15.2. The van der Waals surface area contributed by atoms with Crippen molar-refractivity contribution in [3.63, 3.8) is 0 Å². The van der Waals surface area contributed by atoms with Crippen molar-refractivity contribution in [2.45, 2.75) is 50.7 Å². The Morgan fingerprint density at radius 1 is 1.38 bits per heavy atom. The van der Waals surface area contributed by atoms with E-state index in [9.17, 15) is 13.8 Å². The van der Waals surface area contributed by atoms with Crippen molar-refractivity contribution < 1.29 is 13.8 Å². The number of ketones is 1. The first kappa shape index (κ1) is 16.6. The largest absolute Gasteiger partial charge is 0.390 e. The zero-order valence-corrected chi connectivity index (χ0v) is 15.4. The van der Waals surface area contributed by atoms with Gasteiger partial charge >= 0.3 is 0 Å². The summed E-state index contributed by atoms with van der Waals surface area (Å²) >= 11 is 0.105. The molecule has 4 aliphatic rings. The molecule has 138 valence electrons. The molecule has 0 radical (unpaired) electrons. The summed E-state index contributed by atoms with van der Waals surface area (Å²) in [6, 6.07) is 2.06. The van der Waals surface area contributed by atoms with Gasteiger partial charge in [0.15, 0.2) is 23.8 Å². The normalized spacial score (nSPS) is 35.2. The van der Waals surface area contributed by atoms with Crippen molar-refractivity contribution in [1.29, 1.82) is 0 Å². The number of nitrogens with one attached hydrogen (secondary N) is 1. The van der Waals surface area contributed by atoms with Gasteiger partial charge < -0.3 is 10.4 Å². The zero-order valence-electron chi connectivity index (χ0n) is 14.6. The van der Waals surface area contributed by atoms with Gasteiger partial charge in [-0.1, -0.05) is 0 Å². The van der Waals surface area contributed by atoms with Crippen LogP contribution in [0.5, 0.6) is 0 Å². The second-order valence-electron chi connectivity index (χ2n) is 8.42. The van der Waals surface area contributed by atoms with Gasteiger partial charge in [0.2, 0.25) is 0 Å². The molecule has 2 unspecified atom stereocenters. The van der Waals surface area contributed by atoms with Crippen LogP contribution in [0.1, 0.15) is 49.4 Å². The minimum Gasteiger partial charge on any atom is -0.390 e. The molecule has 0 aromatic carbocycles. The Morgan fingerprint density at radius 3 is 2.73 bits per heavy atom. The summed E-state index contributed by atoms with van der Waals surface area (Å²) in [7, 11) is 0. The third kappa shape index (κ3) is 2.40. The van der Waals surface area contributed by atoms with Crippen molar-refractivity contribution >= 4 is 34.8 Å². The van der Waals surface area contributed by atoms with E-state index >= 15 is 0 Å². The predicted molar refractivity (Wildman–Crippen MR) is 99.8 cm³/mol. The van der Waals surface area contributed by atoms with Crippen molar-refractivity contribution in [3.05, 3.63) is 24.0 Å². The maximum absolute atomic E-state index is 13.1. The lowest BCUT2D eigenvalue weighted by Crippen LogP contribution is -2.59. The topological polar surface area (TPSA) is 67.2 Å². The maximum atomic E-state index is 13.1. The minimum absolute atomic E-state index is 0.0509. The van der Waals surface area contributed by atoms with Crippen molar-refractivity contribution in [3.8, 4) is 0 Å². The Labute approximate surface area is 155 Å². The Hall–Kier alpha value is -1.60. The second-order valence-corrected chi connectivity index (χ2v) is 8.95. The SMILES string of the molecule is CC(=O)c1cnc2c(ccn2SF)c1NC1C2CC3CC1CC(O)(C3)C2. The van der Waals surface area contributed by atoms with Gasteiger partial charge in [0, 0.05) is 23.8 Å². The van der Waals surface area contributed by atoms with Gasteiger partial charge in [-0.25, -0.2) is 8.96 Å². The van der Waals surface area contributed by atoms with Crippen molar-refractivity contribution in [2.75, 3.05) is 5.32 Å². The van der Waals surface area contributed by atoms with E-state index in [0.29, 0.717) is 29.0 Å². The number of Topliss-reactive ketones (excluding diaryl/α,β-unsaturated/α-hetero) is 1. The van der Waals surface area contributed by atoms with Crippen LogP contribution in [-0.2, 0) is 0 Å². The molecule has 2 atom stereocenters. The third-order valence-electron chi connectivity index (χ3n) is 6.69. The van der Waals surface area contributed by atoms with Crippen LogP contribution >= 0.6 is 12.3 Å². The molecule has 2 aromatic heterocycles. The van der Waals surface area contributed by atoms with Gasteiger partial charge in [0.05, 0.1) is 16.9 Å². The number of halogens is 1. The van der Waals surface area contributed by atoms with Gasteiger partial charge in [0.1, 0.15) is 0 Å². The molecule has 0 amide bonds. The van der Waals surface area contributed by atoms with Crippen LogP contribution in [-0.4, -0.2) is 31.5 Å². The van der Waals surface area contributed by atoms with Crippen LogP contribution in [0.25, 0.3) is 11.0 Å². The van der Waals surface area contributed by atoms with E-state index in [2.05, 4.69) is 10.3 Å². The fourth-order valence-corrected chi connectivity index (χ4v) is 6.24. The fourth-order valence-electron chi connectivity index (χ4n) is 5.92. The summed E-state index contributed by atoms with van der Waals surface area (Å²) in [5.41, 5.74) is 1.35. The van der Waals surface area contributed by atoms with Gasteiger partial charge in [0.25, 0.3) is 0 Å². The fraction of sp³-hybridized carbons (Fsp3) is 0.579. The molecule has 0 aliphatic heterocycles. The number of nitrogens with zero attached hydrogens (tertiary/aromatic N) is 2. The number of anilines is 1. The summed E-state index contributed by atoms with van der Waals surface area (Å²) in [6.07, 6.45) is 8.08. The standard InChI is InChI=1S/C19H22FN3O2S/c1-10(24)15-9-21-18-14(2-3-23(18)26-20)17(15)22-16-12-4-11-5-13(16)8-19(25,6-11)7-12/h2-3,9,11-13,16,25H,4-8H2,1H3,(H,21,22). The minimum atomic E-state index is -0.486. The van der Waals surface area contributed by atoms with E-state index in [0.717, 1.165) is 43.2 Å². The monoisotopic (exact) mass is 375 g/mol. The quantitative estimate of drug-likeness (QED) is 0.792. The number of fused-ring (bicyclic) bond motifs is 1. The molecule has 26 heavy (non-hydrogen) atoms. The Bertz CT molecular complexity index is 882. The number of rotatable bonds is 4. The first-order valence-corrected chi connectivity index (χ1v) is 9.94. The predicted octanol–water partition coefficient (Wildman–Crippen LogP) is 3.97. The first-order chi connectivity index (χ1) is 12.5. The zero-order chi connectivity index (χ0) is 18.1. The molecule has 6 rings (SSSR count). The van der Waals surface area contributed by atoms with Gasteiger partial charge in [-0.2, -0.15) is 0 Å². The van der Waals surface area contributed by atoms with Crippen LogP contribution in [0.15, 0.2) is 18.5 Å². The number of hydrogen-bond donors (Lipinski definition) is 2. The Kier molecular flexibility index (Phi) is 3.63. The molecule has 4 bridgehead atoms. The number of pyridine rings is 1. The molecule has 0 saturated heterocycles. The number of hydrogen-bond acceptors (Lipinski definition) is 5. The number of carbonyl (C=O) groups is 1. The lowest BCUT2D eigenvalue weighted by molar-refractivity contribution is -0.129. The Balaban J connectivity index is 1.56. The maximum Gasteiger partial charge on any atom is 0.171 e. The molecule has 0 spiro atoms. The van der Waals surface area contributed by atoms with Crippen LogP contribution in [0.3, 0.4) is 0 Å². The summed E-state index contributed by atoms with van der Waals surface area (Å²) in [6.45, 7) is 1.54. The van der Waals surface area contributed by atoms with E-state index in [1.54, 1.807) is 12.4 Å². The number of carbonyl (C=O) groups excluding carboxylic acids is 1. The Morgan fingerprint density at radius 2 is 2.12 bits per heavy atom. The lowest BCUT2D eigenvalue weighted by atomic mass is 9.52. The highest BCUT2D eigenvalue weighted by Crippen LogP contribution is 2.56. The van der Waals surface area contributed by atoms with Gasteiger partial charge in [-0.15, -0.1) is 3.89 Å². The first-order valence-electron chi connectivity index (χ1n) is 9.26. The van der Waals surface area contributed by atoms with E-state index in [1.165, 1.54) is 10.9 Å². The molecule has 2 N–H and O–H groups in total. The smallest absolute Gasteiger partial charge is 0.171 e. The van der Waals surface area contributed by atoms with E-state index in [4.69, 9.17) is 0 Å². The van der Waals surface area contributed by atoms with Crippen molar-refractivity contribution in [2.24, 2.45) is 17.8 Å². The highest BCUT2D eigenvalue weighted by Gasteiger charge is 2.54. The highest BCUT2D eigenvalue weighted by molar-refractivity contribution is 7.92. The molecule has 4 aliphatic carbocycles. The number of aromatic nitrogens is 2. The molecular weight excluding hydrogens is 353 g/mol. The van der Waals surface area contributed by atoms with Crippen LogP contribution in [0.2, 0.25) is 0 Å². The van der Waals surface area contributed by atoms with E-state index in [-0.39, 0.29) is 24.2 Å². The van der Waals surface area contributed by atoms with Crippen LogP contribution < -0.4 is 5.32 Å². The lowest BCUT2D eigenvalue weighted by Gasteiger charge is -2.58. The third-order valence-corrected chi connectivity index (χ3v) is 7.13. The average molecular weight is 375 g/mol. The molecule has 2 aromatic rings. The van der Waals surface area contributed by atoms with Crippen molar-refractivity contribution in [1.82, 2.24) is 8.96 Å². The van der Waals surface area contributed by atoms with Gasteiger partial charge in [-0.3, -0.25) is 4.79 Å². The molecule has 5 nitrogen and oxygen atoms in total. The molecule has 7 heteroatoms. The number of aliphatic hydroxyl groups is 1. The second kappa shape index (κ2) is 5.70. The van der Waals surface area contributed by atoms with E-state index < -0.39 is 5.60 Å². The van der Waals surface area contributed by atoms with E-state index in [1.807, 2.05) is 6.07 Å². The summed E-state index contributed by atoms with van der Waals surface area (Å²) < 4.78 is 14.5. The van der Waals surface area contributed by atoms with Crippen LogP contribution in [0.4, 0.5) is 9.57 Å². The molecule has 4 saturated carbocycles. The average Bonchev–Trinajstić information content (AvgIpc) is 2.99. The van der Waals surface area contributed by atoms with Crippen LogP contribution in [0, 0.1) is 17.8 Å². The summed E-state index contributed by atoms with van der Waals surface area (Å²) in [5.74, 6) is 1.42.